The third-order valence-electron chi connectivity index (χ3n) is 3.97. The van der Waals surface area contributed by atoms with Gasteiger partial charge in [-0.2, -0.15) is 0 Å². The van der Waals surface area contributed by atoms with Crippen LogP contribution in [0.15, 0.2) is 23.4 Å². The first-order valence-corrected chi connectivity index (χ1v) is 11.1. The van der Waals surface area contributed by atoms with Crippen molar-refractivity contribution in [3.63, 3.8) is 0 Å². The number of nitrogens with one attached hydrogen (secondary N) is 1. The lowest BCUT2D eigenvalue weighted by atomic mass is 10.2. The van der Waals surface area contributed by atoms with Crippen LogP contribution < -0.4 is 10.1 Å². The van der Waals surface area contributed by atoms with E-state index < -0.39 is 0 Å². The molecule has 1 amide bonds. The minimum Gasteiger partial charge on any atom is -0.482 e. The molecule has 1 unspecified atom stereocenters. The average Bonchev–Trinajstić information content (AvgIpc) is 3.27. The molecule has 0 saturated carbocycles. The van der Waals surface area contributed by atoms with Crippen LogP contribution in [0.5, 0.6) is 5.75 Å². The van der Waals surface area contributed by atoms with E-state index in [1.807, 2.05) is 44.4 Å². The van der Waals surface area contributed by atoms with Gasteiger partial charge in [0.25, 0.3) is 0 Å². The van der Waals surface area contributed by atoms with E-state index in [2.05, 4.69) is 25.7 Å². The molecule has 0 fully saturated rings. The predicted octanol–water partition coefficient (Wildman–Crippen LogP) is 4.29. The normalized spacial score (nSPS) is 12.0. The van der Waals surface area contributed by atoms with E-state index in [1.54, 1.807) is 6.07 Å². The topological polar surface area (TPSA) is 94.8 Å². The summed E-state index contributed by atoms with van der Waals surface area (Å²) in [6, 6.07) is 5.49. The van der Waals surface area contributed by atoms with Gasteiger partial charge >= 0.3 is 0 Å². The largest absolute Gasteiger partial charge is 0.482 e. The highest BCUT2D eigenvalue weighted by atomic mass is 35.5. The number of benzene rings is 1. The molecule has 11 heteroatoms. The Morgan fingerprint density at radius 3 is 2.76 bits per heavy atom. The molecule has 0 radical (unpaired) electrons. The van der Waals surface area contributed by atoms with Crippen molar-refractivity contribution in [1.29, 1.82) is 0 Å². The maximum Gasteiger partial charge on any atom is 0.236 e. The zero-order valence-electron chi connectivity index (χ0n) is 16.5. The molecule has 0 aliphatic carbocycles. The van der Waals surface area contributed by atoms with Gasteiger partial charge in [-0.3, -0.25) is 10.1 Å². The highest BCUT2D eigenvalue weighted by molar-refractivity contribution is 7.99. The van der Waals surface area contributed by atoms with Gasteiger partial charge in [0.15, 0.2) is 17.1 Å². The number of nitrogens with zero attached hydrogens (tertiary/aromatic N) is 5. The Bertz CT molecular complexity index is 1010. The Kier molecular flexibility index (Phi) is 7.09. The molecule has 0 spiro atoms. The zero-order valence-corrected chi connectivity index (χ0v) is 18.9. The third-order valence-corrected chi connectivity index (χ3v) is 5.93. The molecule has 2 aromatic heterocycles. The Morgan fingerprint density at radius 2 is 2.10 bits per heavy atom. The first-order valence-electron chi connectivity index (χ1n) is 8.96. The minimum absolute atomic E-state index is 0.167. The number of hydrogen-bond donors (Lipinski definition) is 1. The Hall–Kier alpha value is -2.17. The number of anilines is 1. The lowest BCUT2D eigenvalue weighted by molar-refractivity contribution is -0.113. The first-order chi connectivity index (χ1) is 13.9. The van der Waals surface area contributed by atoms with Gasteiger partial charge in [0.1, 0.15) is 10.8 Å². The van der Waals surface area contributed by atoms with Crippen LogP contribution in [0.25, 0.3) is 0 Å². The van der Waals surface area contributed by atoms with Crippen molar-refractivity contribution in [3.8, 4) is 5.75 Å². The standard InChI is InChI=1S/C18H21ClN6O2S2/c1-5-25-16(11(3)27-14-7-6-13(19)8-10(14)2)22-24-18(25)28-9-15(26)20-17-23-21-12(4)29-17/h6-8,11H,5,9H2,1-4H3,(H,20,23,26). The number of rotatable bonds is 8. The first kappa shape index (κ1) is 21.5. The van der Waals surface area contributed by atoms with Crippen LogP contribution >= 0.6 is 34.7 Å². The van der Waals surface area contributed by atoms with Gasteiger partial charge in [0.2, 0.25) is 11.0 Å². The molecule has 2 heterocycles. The second-order valence-electron chi connectivity index (χ2n) is 6.22. The van der Waals surface area contributed by atoms with E-state index in [0.29, 0.717) is 27.7 Å². The molecule has 0 bridgehead atoms. The molecular formula is C18H21ClN6O2S2. The molecule has 1 atom stereocenters. The number of carbonyl (C=O) groups excluding carboxylic acids is 1. The van der Waals surface area contributed by atoms with Crippen LogP contribution in [0.1, 0.15) is 36.3 Å². The van der Waals surface area contributed by atoms with E-state index in [-0.39, 0.29) is 17.8 Å². The van der Waals surface area contributed by atoms with Crippen LogP contribution in [0.4, 0.5) is 5.13 Å². The van der Waals surface area contributed by atoms with Crippen molar-refractivity contribution in [2.45, 2.75) is 45.5 Å². The number of hydrogen-bond acceptors (Lipinski definition) is 8. The van der Waals surface area contributed by atoms with Crippen LogP contribution in [0.3, 0.4) is 0 Å². The lowest BCUT2D eigenvalue weighted by Crippen LogP contribution is -2.15. The number of carbonyl (C=O) groups is 1. The van der Waals surface area contributed by atoms with Crippen molar-refractivity contribution in [2.75, 3.05) is 11.1 Å². The molecule has 0 aliphatic heterocycles. The lowest BCUT2D eigenvalue weighted by Gasteiger charge is -2.17. The summed E-state index contributed by atoms with van der Waals surface area (Å²) in [5, 5.41) is 21.7. The van der Waals surface area contributed by atoms with Crippen LogP contribution in [-0.2, 0) is 11.3 Å². The quantitative estimate of drug-likeness (QED) is 0.509. The third kappa shape index (κ3) is 5.46. The summed E-state index contributed by atoms with van der Waals surface area (Å²) < 4.78 is 8.01. The number of ether oxygens (including phenoxy) is 1. The number of halogens is 1. The average molecular weight is 453 g/mol. The smallest absolute Gasteiger partial charge is 0.236 e. The maximum atomic E-state index is 12.2. The number of thioether (sulfide) groups is 1. The van der Waals surface area contributed by atoms with E-state index in [0.717, 1.165) is 16.3 Å². The highest BCUT2D eigenvalue weighted by Crippen LogP contribution is 2.28. The minimum atomic E-state index is -0.310. The van der Waals surface area contributed by atoms with Crippen molar-refractivity contribution in [1.82, 2.24) is 25.0 Å². The zero-order chi connectivity index (χ0) is 21.0. The monoisotopic (exact) mass is 452 g/mol. The van der Waals surface area contributed by atoms with Gasteiger partial charge < -0.3 is 9.30 Å². The summed E-state index contributed by atoms with van der Waals surface area (Å²) >= 11 is 8.66. The van der Waals surface area contributed by atoms with Crippen molar-refractivity contribution >= 4 is 45.7 Å². The van der Waals surface area contributed by atoms with Gasteiger partial charge in [-0.05, 0) is 51.5 Å². The Morgan fingerprint density at radius 1 is 1.31 bits per heavy atom. The molecule has 3 rings (SSSR count). The Balaban J connectivity index is 1.65. The van der Waals surface area contributed by atoms with Gasteiger partial charge in [0.05, 0.1) is 5.75 Å². The van der Waals surface area contributed by atoms with E-state index in [9.17, 15) is 4.79 Å². The maximum absolute atomic E-state index is 12.2. The predicted molar refractivity (Wildman–Crippen MR) is 115 cm³/mol. The van der Waals surface area contributed by atoms with E-state index in [4.69, 9.17) is 16.3 Å². The molecule has 8 nitrogen and oxygen atoms in total. The fraction of sp³-hybridized carbons (Fsp3) is 0.389. The number of aromatic nitrogens is 5. The second-order valence-corrected chi connectivity index (χ2v) is 8.78. The van der Waals surface area contributed by atoms with Crippen molar-refractivity contribution in [2.24, 2.45) is 0 Å². The molecule has 0 aliphatic rings. The summed E-state index contributed by atoms with van der Waals surface area (Å²) in [6.45, 7) is 8.36. The summed E-state index contributed by atoms with van der Waals surface area (Å²) in [4.78, 5) is 12.2. The fourth-order valence-corrected chi connectivity index (χ4v) is 4.27. The summed E-state index contributed by atoms with van der Waals surface area (Å²) in [5.41, 5.74) is 0.949. The molecule has 1 aromatic carbocycles. The van der Waals surface area contributed by atoms with E-state index in [1.165, 1.54) is 23.1 Å². The van der Waals surface area contributed by atoms with Gasteiger partial charge in [-0.1, -0.05) is 34.7 Å². The fourth-order valence-electron chi connectivity index (χ4n) is 2.63. The van der Waals surface area contributed by atoms with Crippen LogP contribution in [-0.4, -0.2) is 36.6 Å². The van der Waals surface area contributed by atoms with Crippen LogP contribution in [0.2, 0.25) is 5.02 Å². The highest BCUT2D eigenvalue weighted by Gasteiger charge is 2.20. The molecule has 3 aromatic rings. The SMILES string of the molecule is CCn1c(SCC(=O)Nc2nnc(C)s2)nnc1C(C)Oc1ccc(Cl)cc1C. The van der Waals surface area contributed by atoms with Crippen molar-refractivity contribution in [3.05, 3.63) is 39.6 Å². The van der Waals surface area contributed by atoms with Crippen LogP contribution in [0, 0.1) is 13.8 Å². The summed E-state index contributed by atoms with van der Waals surface area (Å²) in [5.74, 6) is 1.47. The summed E-state index contributed by atoms with van der Waals surface area (Å²) in [7, 11) is 0. The van der Waals surface area contributed by atoms with E-state index >= 15 is 0 Å². The summed E-state index contributed by atoms with van der Waals surface area (Å²) in [6.07, 6.45) is -0.310. The van der Waals surface area contributed by atoms with Gasteiger partial charge in [-0.15, -0.1) is 20.4 Å². The molecular weight excluding hydrogens is 432 g/mol. The number of amides is 1. The second kappa shape index (κ2) is 9.55. The Labute approximate surface area is 182 Å². The van der Waals surface area contributed by atoms with Gasteiger partial charge in [0, 0.05) is 11.6 Å². The van der Waals surface area contributed by atoms with Gasteiger partial charge in [-0.25, -0.2) is 0 Å². The molecule has 29 heavy (non-hydrogen) atoms. The molecule has 1 N–H and O–H groups in total. The molecule has 154 valence electrons. The van der Waals surface area contributed by atoms with Crippen molar-refractivity contribution < 1.29 is 9.53 Å². The number of aryl methyl sites for hydroxylation is 2. The molecule has 0 saturated heterocycles.